The highest BCUT2D eigenvalue weighted by atomic mass is 16.5. The Morgan fingerprint density at radius 1 is 1.56 bits per heavy atom. The zero-order chi connectivity index (χ0) is 11.8. The Balaban J connectivity index is 2.52. The van der Waals surface area contributed by atoms with E-state index in [1.807, 2.05) is 12.1 Å². The first-order chi connectivity index (χ1) is 7.76. The highest BCUT2D eigenvalue weighted by Crippen LogP contribution is 2.06. The molecule has 0 saturated heterocycles. The van der Waals surface area contributed by atoms with Gasteiger partial charge in [-0.2, -0.15) is 0 Å². The molecule has 1 heterocycles. The van der Waals surface area contributed by atoms with Gasteiger partial charge in [0.25, 0.3) is 0 Å². The molecule has 0 spiro atoms. The van der Waals surface area contributed by atoms with Crippen LogP contribution in [-0.2, 0) is 6.54 Å². The topological polar surface area (TPSA) is 72.5 Å². The summed E-state index contributed by atoms with van der Waals surface area (Å²) in [4.78, 5) is 8.40. The molecule has 0 amide bonds. The average Bonchev–Trinajstić information content (AvgIpc) is 2.34. The second-order valence-electron chi connectivity index (χ2n) is 3.30. The lowest BCUT2D eigenvalue weighted by Gasteiger charge is -2.04. The molecule has 88 valence electrons. The van der Waals surface area contributed by atoms with Gasteiger partial charge in [-0.3, -0.25) is 0 Å². The first-order valence-corrected chi connectivity index (χ1v) is 5.30. The van der Waals surface area contributed by atoms with Crippen molar-refractivity contribution < 1.29 is 4.74 Å². The van der Waals surface area contributed by atoms with Crippen LogP contribution < -0.4 is 15.8 Å². The summed E-state index contributed by atoms with van der Waals surface area (Å²) < 4.78 is 5.02. The molecule has 0 aliphatic rings. The standard InChI is InChI=1S/C11H18N4O/c1-3-7-13-11(12)14-8-9-5-4-6-10(15-9)16-2/h4-6H,3,7-8H2,1-2H3,(H3,12,13,14). The van der Waals surface area contributed by atoms with Gasteiger partial charge >= 0.3 is 0 Å². The molecule has 5 heteroatoms. The number of hydrogen-bond acceptors (Lipinski definition) is 3. The highest BCUT2D eigenvalue weighted by molar-refractivity contribution is 5.77. The molecule has 0 atom stereocenters. The normalized spacial score (nSPS) is 11.2. The van der Waals surface area contributed by atoms with Crippen LogP contribution in [0.2, 0.25) is 0 Å². The maximum absolute atomic E-state index is 5.66. The number of nitrogens with two attached hydrogens (primary N) is 1. The molecule has 0 saturated carbocycles. The fourth-order valence-electron chi connectivity index (χ4n) is 1.13. The van der Waals surface area contributed by atoms with E-state index in [1.54, 1.807) is 13.2 Å². The number of pyridine rings is 1. The molecule has 5 nitrogen and oxygen atoms in total. The Hall–Kier alpha value is -1.78. The van der Waals surface area contributed by atoms with Crippen LogP contribution in [-0.4, -0.2) is 24.6 Å². The summed E-state index contributed by atoms with van der Waals surface area (Å²) in [6, 6.07) is 5.57. The van der Waals surface area contributed by atoms with Crippen LogP contribution in [0.3, 0.4) is 0 Å². The number of aromatic nitrogens is 1. The summed E-state index contributed by atoms with van der Waals surface area (Å²) in [6.07, 6.45) is 1.02. The summed E-state index contributed by atoms with van der Waals surface area (Å²) in [6.45, 7) is 3.37. The second kappa shape index (κ2) is 6.66. The van der Waals surface area contributed by atoms with Crippen LogP contribution in [0.1, 0.15) is 19.0 Å². The van der Waals surface area contributed by atoms with Crippen molar-refractivity contribution in [1.29, 1.82) is 0 Å². The number of nitrogens with one attached hydrogen (secondary N) is 1. The summed E-state index contributed by atoms with van der Waals surface area (Å²) in [5.41, 5.74) is 6.49. The third-order valence-electron chi connectivity index (χ3n) is 1.96. The minimum absolute atomic E-state index is 0.450. The van der Waals surface area contributed by atoms with Gasteiger partial charge in [0.1, 0.15) is 0 Å². The summed E-state index contributed by atoms with van der Waals surface area (Å²) in [7, 11) is 1.59. The maximum atomic E-state index is 5.66. The zero-order valence-corrected chi connectivity index (χ0v) is 9.73. The van der Waals surface area contributed by atoms with E-state index >= 15 is 0 Å². The van der Waals surface area contributed by atoms with Gasteiger partial charge in [0.2, 0.25) is 5.88 Å². The Kier molecular flexibility index (Phi) is 5.11. The van der Waals surface area contributed by atoms with E-state index < -0.39 is 0 Å². The van der Waals surface area contributed by atoms with Gasteiger partial charge in [0, 0.05) is 12.6 Å². The second-order valence-corrected chi connectivity index (χ2v) is 3.30. The van der Waals surface area contributed by atoms with E-state index in [0.717, 1.165) is 18.7 Å². The van der Waals surface area contributed by atoms with E-state index in [4.69, 9.17) is 10.5 Å². The first-order valence-electron chi connectivity index (χ1n) is 5.30. The molecule has 0 bridgehead atoms. The average molecular weight is 222 g/mol. The number of aliphatic imine (C=N–C) groups is 1. The van der Waals surface area contributed by atoms with Crippen LogP contribution in [0.5, 0.6) is 5.88 Å². The molecule has 16 heavy (non-hydrogen) atoms. The number of hydrogen-bond donors (Lipinski definition) is 2. The molecule has 1 aromatic rings. The number of nitrogens with zero attached hydrogens (tertiary/aromatic N) is 2. The molecule has 0 aliphatic carbocycles. The molecular weight excluding hydrogens is 204 g/mol. The molecule has 0 fully saturated rings. The van der Waals surface area contributed by atoms with Crippen LogP contribution >= 0.6 is 0 Å². The Labute approximate surface area is 95.7 Å². The van der Waals surface area contributed by atoms with E-state index in [2.05, 4.69) is 22.2 Å². The van der Waals surface area contributed by atoms with Crippen LogP contribution in [0.25, 0.3) is 0 Å². The van der Waals surface area contributed by atoms with Crippen LogP contribution in [0.15, 0.2) is 23.2 Å². The SMILES string of the molecule is CCCNC(N)=NCc1cccc(OC)n1. The maximum Gasteiger partial charge on any atom is 0.213 e. The number of guanidine groups is 1. The fraction of sp³-hybridized carbons (Fsp3) is 0.455. The third-order valence-corrected chi connectivity index (χ3v) is 1.96. The van der Waals surface area contributed by atoms with Crippen molar-refractivity contribution in [2.75, 3.05) is 13.7 Å². The van der Waals surface area contributed by atoms with Crippen molar-refractivity contribution in [3.8, 4) is 5.88 Å². The minimum atomic E-state index is 0.450. The van der Waals surface area contributed by atoms with E-state index in [0.29, 0.717) is 18.4 Å². The van der Waals surface area contributed by atoms with Crippen molar-refractivity contribution >= 4 is 5.96 Å². The van der Waals surface area contributed by atoms with E-state index in [-0.39, 0.29) is 0 Å². The molecule has 1 aromatic heterocycles. The van der Waals surface area contributed by atoms with Gasteiger partial charge in [-0.15, -0.1) is 0 Å². The molecule has 1 rings (SSSR count). The number of methoxy groups -OCH3 is 1. The summed E-state index contributed by atoms with van der Waals surface area (Å²) in [5, 5.41) is 3.00. The predicted octanol–water partition coefficient (Wildman–Crippen LogP) is 0.904. The molecule has 3 N–H and O–H groups in total. The zero-order valence-electron chi connectivity index (χ0n) is 9.73. The summed E-state index contributed by atoms with van der Waals surface area (Å²) >= 11 is 0. The van der Waals surface area contributed by atoms with E-state index in [1.165, 1.54) is 0 Å². The van der Waals surface area contributed by atoms with Gasteiger partial charge in [0.15, 0.2) is 5.96 Å². The van der Waals surface area contributed by atoms with Gasteiger partial charge in [-0.05, 0) is 12.5 Å². The van der Waals surface area contributed by atoms with Gasteiger partial charge < -0.3 is 15.8 Å². The molecule has 0 aromatic carbocycles. The summed E-state index contributed by atoms with van der Waals surface area (Å²) in [5.74, 6) is 1.04. The number of rotatable bonds is 5. The highest BCUT2D eigenvalue weighted by Gasteiger charge is 1.96. The largest absolute Gasteiger partial charge is 0.481 e. The van der Waals surface area contributed by atoms with Crippen molar-refractivity contribution in [3.05, 3.63) is 23.9 Å². The molecular formula is C11H18N4O. The Morgan fingerprint density at radius 3 is 3.06 bits per heavy atom. The third kappa shape index (κ3) is 4.16. The van der Waals surface area contributed by atoms with Crippen molar-refractivity contribution in [2.45, 2.75) is 19.9 Å². The van der Waals surface area contributed by atoms with Gasteiger partial charge in [-0.1, -0.05) is 13.0 Å². The molecule has 0 aliphatic heterocycles. The Morgan fingerprint density at radius 2 is 2.38 bits per heavy atom. The van der Waals surface area contributed by atoms with Gasteiger partial charge in [0.05, 0.1) is 19.3 Å². The number of ether oxygens (including phenoxy) is 1. The Bertz CT molecular complexity index is 352. The van der Waals surface area contributed by atoms with Crippen molar-refractivity contribution in [1.82, 2.24) is 10.3 Å². The van der Waals surface area contributed by atoms with Crippen LogP contribution in [0, 0.1) is 0 Å². The monoisotopic (exact) mass is 222 g/mol. The lowest BCUT2D eigenvalue weighted by molar-refractivity contribution is 0.396. The molecule has 0 radical (unpaired) electrons. The van der Waals surface area contributed by atoms with Crippen LogP contribution in [0.4, 0.5) is 0 Å². The van der Waals surface area contributed by atoms with Crippen molar-refractivity contribution in [3.63, 3.8) is 0 Å². The molecule has 0 unspecified atom stereocenters. The minimum Gasteiger partial charge on any atom is -0.481 e. The smallest absolute Gasteiger partial charge is 0.213 e. The van der Waals surface area contributed by atoms with Crippen molar-refractivity contribution in [2.24, 2.45) is 10.7 Å². The lowest BCUT2D eigenvalue weighted by atomic mass is 10.3. The quantitative estimate of drug-likeness (QED) is 0.573. The van der Waals surface area contributed by atoms with E-state index in [9.17, 15) is 0 Å². The first kappa shape index (κ1) is 12.3. The predicted molar refractivity (Wildman–Crippen MR) is 64.4 cm³/mol. The van der Waals surface area contributed by atoms with Gasteiger partial charge in [-0.25, -0.2) is 9.98 Å². The lowest BCUT2D eigenvalue weighted by Crippen LogP contribution is -2.32. The fourth-order valence-corrected chi connectivity index (χ4v) is 1.13.